The average molecular weight is 206 g/mol. The highest BCUT2D eigenvalue weighted by molar-refractivity contribution is 7.77. The zero-order valence-electron chi connectivity index (χ0n) is 7.36. The smallest absolute Gasteiger partial charge is 0.231 e. The second kappa shape index (κ2) is 5.31. The summed E-state index contributed by atoms with van der Waals surface area (Å²) >= 11 is -1.93. The van der Waals surface area contributed by atoms with Crippen LogP contribution in [-0.2, 0) is 16.1 Å². The molecular formula is C7H14N2O3S. The molecule has 1 unspecified atom stereocenters. The van der Waals surface area contributed by atoms with Crippen LogP contribution in [0.5, 0.6) is 0 Å². The van der Waals surface area contributed by atoms with Crippen molar-refractivity contribution in [2.24, 2.45) is 0 Å². The second-order valence-corrected chi connectivity index (χ2v) is 3.77. The van der Waals surface area contributed by atoms with Gasteiger partial charge in [0.2, 0.25) is 17.2 Å². The first kappa shape index (κ1) is 10.6. The van der Waals surface area contributed by atoms with Crippen LogP contribution >= 0.6 is 0 Å². The van der Waals surface area contributed by atoms with Gasteiger partial charge in [0.25, 0.3) is 0 Å². The second-order valence-electron chi connectivity index (χ2n) is 2.98. The van der Waals surface area contributed by atoms with Crippen LogP contribution in [0.25, 0.3) is 0 Å². The summed E-state index contributed by atoms with van der Waals surface area (Å²) in [6, 6.07) is 0. The molecule has 0 saturated carbocycles. The van der Waals surface area contributed by atoms with Gasteiger partial charge in [0.05, 0.1) is 0 Å². The molecule has 1 heterocycles. The summed E-state index contributed by atoms with van der Waals surface area (Å²) in [6.07, 6.45) is 2.32. The molecule has 1 fully saturated rings. The predicted molar refractivity (Wildman–Crippen MR) is 49.2 cm³/mol. The number of amides is 1. The van der Waals surface area contributed by atoms with E-state index in [2.05, 4.69) is 4.72 Å². The van der Waals surface area contributed by atoms with Crippen molar-refractivity contribution in [3.05, 3.63) is 0 Å². The number of hydrogen-bond acceptors (Lipinski definition) is 2. The highest BCUT2D eigenvalue weighted by atomic mass is 32.2. The van der Waals surface area contributed by atoms with E-state index in [1.54, 1.807) is 4.90 Å². The summed E-state index contributed by atoms with van der Waals surface area (Å²) in [4.78, 5) is 12.9. The van der Waals surface area contributed by atoms with Crippen LogP contribution in [0.3, 0.4) is 0 Å². The van der Waals surface area contributed by atoms with Crippen molar-refractivity contribution in [1.82, 2.24) is 9.62 Å². The molecule has 0 spiro atoms. The minimum absolute atomic E-state index is 0.199. The lowest BCUT2D eigenvalue weighted by Crippen LogP contribution is -2.28. The molecule has 0 bridgehead atoms. The highest BCUT2D eigenvalue weighted by Gasteiger charge is 2.18. The number of carbonyl (C=O) groups excluding carboxylic acids is 1. The third-order valence-electron chi connectivity index (χ3n) is 2.00. The molecule has 1 rings (SSSR count). The molecule has 1 amide bonds. The number of nitrogens with zero attached hydrogens (tertiary/aromatic N) is 1. The maximum absolute atomic E-state index is 11.1. The SMILES string of the molecule is O=C1CCCN1CCCNS(=O)O. The highest BCUT2D eigenvalue weighted by Crippen LogP contribution is 2.09. The average Bonchev–Trinajstić information content (AvgIpc) is 2.45. The van der Waals surface area contributed by atoms with Crippen molar-refractivity contribution in [3.8, 4) is 0 Å². The first-order valence-corrected chi connectivity index (χ1v) is 5.43. The minimum Gasteiger partial charge on any atom is -0.343 e. The van der Waals surface area contributed by atoms with E-state index in [9.17, 15) is 9.00 Å². The van der Waals surface area contributed by atoms with Gasteiger partial charge in [-0.05, 0) is 12.8 Å². The van der Waals surface area contributed by atoms with Gasteiger partial charge in [-0.25, -0.2) is 8.93 Å². The number of rotatable bonds is 5. The lowest BCUT2D eigenvalue weighted by Gasteiger charge is -2.14. The predicted octanol–water partition coefficient (Wildman–Crippen LogP) is -0.275. The number of hydrogen-bond donors (Lipinski definition) is 2. The molecule has 76 valence electrons. The Morgan fingerprint density at radius 3 is 2.92 bits per heavy atom. The first-order chi connectivity index (χ1) is 6.20. The lowest BCUT2D eigenvalue weighted by molar-refractivity contribution is -0.127. The maximum atomic E-state index is 11.1. The third-order valence-corrected chi connectivity index (χ3v) is 2.45. The van der Waals surface area contributed by atoms with Gasteiger partial charge in [-0.3, -0.25) is 9.35 Å². The normalized spacial score (nSPS) is 19.5. The molecule has 1 aliphatic rings. The van der Waals surface area contributed by atoms with Gasteiger partial charge < -0.3 is 4.90 Å². The molecule has 0 radical (unpaired) electrons. The number of carbonyl (C=O) groups is 1. The van der Waals surface area contributed by atoms with Gasteiger partial charge >= 0.3 is 0 Å². The van der Waals surface area contributed by atoms with Crippen molar-refractivity contribution in [2.45, 2.75) is 19.3 Å². The Bertz CT molecular complexity index is 210. The van der Waals surface area contributed by atoms with E-state index >= 15 is 0 Å². The Hall–Kier alpha value is -0.460. The van der Waals surface area contributed by atoms with E-state index in [1.165, 1.54) is 0 Å². The summed E-state index contributed by atoms with van der Waals surface area (Å²) < 4.78 is 20.9. The molecule has 1 atom stereocenters. The topological polar surface area (TPSA) is 69.6 Å². The van der Waals surface area contributed by atoms with E-state index < -0.39 is 11.3 Å². The fourth-order valence-electron chi connectivity index (χ4n) is 1.37. The van der Waals surface area contributed by atoms with Gasteiger partial charge in [-0.2, -0.15) is 0 Å². The van der Waals surface area contributed by atoms with Crippen LogP contribution in [0.1, 0.15) is 19.3 Å². The first-order valence-electron chi connectivity index (χ1n) is 4.32. The zero-order chi connectivity index (χ0) is 9.68. The molecule has 0 aliphatic carbocycles. The van der Waals surface area contributed by atoms with E-state index in [1.807, 2.05) is 0 Å². The zero-order valence-corrected chi connectivity index (χ0v) is 8.18. The van der Waals surface area contributed by atoms with Gasteiger partial charge in [-0.1, -0.05) is 0 Å². The van der Waals surface area contributed by atoms with Gasteiger partial charge in [-0.15, -0.1) is 0 Å². The van der Waals surface area contributed by atoms with Crippen LogP contribution in [0.2, 0.25) is 0 Å². The lowest BCUT2D eigenvalue weighted by atomic mass is 10.4. The van der Waals surface area contributed by atoms with Crippen LogP contribution in [-0.4, -0.2) is 39.2 Å². The largest absolute Gasteiger partial charge is 0.343 e. The van der Waals surface area contributed by atoms with Crippen molar-refractivity contribution >= 4 is 17.2 Å². The summed E-state index contributed by atoms with van der Waals surface area (Å²) in [5.41, 5.74) is 0. The van der Waals surface area contributed by atoms with Crippen LogP contribution in [0.4, 0.5) is 0 Å². The molecule has 0 aromatic carbocycles. The van der Waals surface area contributed by atoms with Crippen LogP contribution in [0, 0.1) is 0 Å². The summed E-state index contributed by atoms with van der Waals surface area (Å²) in [5, 5.41) is 0. The fourth-order valence-corrected chi connectivity index (χ4v) is 1.69. The van der Waals surface area contributed by atoms with Crippen molar-refractivity contribution < 1.29 is 13.6 Å². The molecule has 6 heteroatoms. The molecule has 5 nitrogen and oxygen atoms in total. The third kappa shape index (κ3) is 3.84. The molecule has 1 aliphatic heterocycles. The number of likely N-dealkylation sites (tertiary alicyclic amines) is 1. The van der Waals surface area contributed by atoms with Gasteiger partial charge in [0.1, 0.15) is 0 Å². The molecule has 1 saturated heterocycles. The Kier molecular flexibility index (Phi) is 4.34. The quantitative estimate of drug-likeness (QED) is 0.480. The fraction of sp³-hybridized carbons (Fsp3) is 0.857. The summed E-state index contributed by atoms with van der Waals surface area (Å²) in [5.74, 6) is 0.199. The standard InChI is InChI=1S/C7H14N2O3S/c10-7-3-1-5-9(7)6-2-4-8-13(11)12/h8H,1-6H2,(H,11,12). The summed E-state index contributed by atoms with van der Waals surface area (Å²) in [6.45, 7) is 1.98. The Morgan fingerprint density at radius 1 is 1.62 bits per heavy atom. The Morgan fingerprint density at radius 2 is 2.38 bits per heavy atom. The number of nitrogens with one attached hydrogen (secondary N) is 1. The Labute approximate surface area is 79.9 Å². The molecule has 0 aromatic rings. The van der Waals surface area contributed by atoms with Gasteiger partial charge in [0.15, 0.2) is 0 Å². The van der Waals surface area contributed by atoms with E-state index in [4.69, 9.17) is 4.55 Å². The van der Waals surface area contributed by atoms with E-state index in [-0.39, 0.29) is 5.91 Å². The Balaban J connectivity index is 2.05. The maximum Gasteiger partial charge on any atom is 0.231 e. The van der Waals surface area contributed by atoms with Gasteiger partial charge in [0, 0.05) is 26.1 Å². The molecule has 13 heavy (non-hydrogen) atoms. The molecular weight excluding hydrogens is 192 g/mol. The minimum atomic E-state index is -1.93. The molecule has 0 aromatic heterocycles. The monoisotopic (exact) mass is 206 g/mol. The van der Waals surface area contributed by atoms with Crippen molar-refractivity contribution in [2.75, 3.05) is 19.6 Å². The molecule has 2 N–H and O–H groups in total. The van der Waals surface area contributed by atoms with E-state index in [0.717, 1.165) is 19.4 Å². The summed E-state index contributed by atoms with van der Waals surface area (Å²) in [7, 11) is 0. The van der Waals surface area contributed by atoms with Crippen LogP contribution < -0.4 is 4.72 Å². The van der Waals surface area contributed by atoms with Crippen LogP contribution in [0.15, 0.2) is 0 Å². The van der Waals surface area contributed by atoms with E-state index in [0.29, 0.717) is 19.5 Å². The van der Waals surface area contributed by atoms with Crippen molar-refractivity contribution in [1.29, 1.82) is 0 Å². The van der Waals surface area contributed by atoms with Crippen molar-refractivity contribution in [3.63, 3.8) is 0 Å².